The van der Waals surface area contributed by atoms with E-state index in [2.05, 4.69) is 6.92 Å². The summed E-state index contributed by atoms with van der Waals surface area (Å²) in [6, 6.07) is 7.55. The Bertz CT molecular complexity index is 498. The number of aliphatic hydroxyl groups is 1. The average molecular weight is 275 g/mol. The maximum atomic E-state index is 12.2. The summed E-state index contributed by atoms with van der Waals surface area (Å²) in [5.74, 6) is 0.0173. The van der Waals surface area contributed by atoms with Crippen molar-refractivity contribution in [1.82, 2.24) is 0 Å². The molecule has 20 heavy (non-hydrogen) atoms. The summed E-state index contributed by atoms with van der Waals surface area (Å²) in [4.78, 5) is 13.8. The molecule has 1 aromatic rings. The Hall–Kier alpha value is -1.81. The van der Waals surface area contributed by atoms with Crippen molar-refractivity contribution >= 4 is 17.9 Å². The molecular weight excluding hydrogens is 254 g/mol. The van der Waals surface area contributed by atoms with Gasteiger partial charge in [-0.1, -0.05) is 43.7 Å². The Kier molecular flexibility index (Phi) is 4.79. The minimum Gasteiger partial charge on any atom is -0.452 e. The quantitative estimate of drug-likeness (QED) is 0.918. The minimum atomic E-state index is -0.388. The first-order valence-electron chi connectivity index (χ1n) is 6.98. The summed E-state index contributed by atoms with van der Waals surface area (Å²) in [5, 5.41) is 9.62. The number of aliphatic hydroxyl groups excluding tert-OH is 1. The first-order chi connectivity index (χ1) is 9.72. The fraction of sp³-hybridized carbons (Fsp3) is 0.438. The van der Waals surface area contributed by atoms with Gasteiger partial charge in [0.25, 0.3) is 0 Å². The van der Waals surface area contributed by atoms with Crippen LogP contribution in [0.2, 0.25) is 0 Å². The molecule has 0 fully saturated rings. The van der Waals surface area contributed by atoms with Crippen LogP contribution in [0.15, 0.2) is 30.3 Å². The molecule has 4 nitrogen and oxygen atoms in total. The molecule has 0 radical (unpaired) electrons. The molecule has 0 saturated carbocycles. The second-order valence-corrected chi connectivity index (χ2v) is 4.98. The smallest absolute Gasteiger partial charge is 0.414 e. The second kappa shape index (κ2) is 6.57. The number of para-hydroxylation sites is 1. The van der Waals surface area contributed by atoms with Crippen molar-refractivity contribution in [3.8, 4) is 0 Å². The maximum absolute atomic E-state index is 12.2. The molecule has 2 atom stereocenters. The van der Waals surface area contributed by atoms with Gasteiger partial charge in [-0.05, 0) is 18.1 Å². The molecule has 1 amide bonds. The summed E-state index contributed by atoms with van der Waals surface area (Å²) in [5.41, 5.74) is 1.82. The van der Waals surface area contributed by atoms with E-state index in [-0.39, 0.29) is 24.7 Å². The normalized spacial score (nSPS) is 18.6. The van der Waals surface area contributed by atoms with E-state index in [1.54, 1.807) is 4.90 Å². The fourth-order valence-corrected chi connectivity index (χ4v) is 2.72. The maximum Gasteiger partial charge on any atom is 0.414 e. The highest BCUT2D eigenvalue weighted by atomic mass is 16.5. The van der Waals surface area contributed by atoms with Gasteiger partial charge in [0.1, 0.15) is 0 Å². The lowest BCUT2D eigenvalue weighted by molar-refractivity contribution is 0.165. The van der Waals surface area contributed by atoms with Crippen LogP contribution in [-0.4, -0.2) is 31.0 Å². The van der Waals surface area contributed by atoms with Crippen LogP contribution in [0.4, 0.5) is 10.5 Å². The van der Waals surface area contributed by atoms with E-state index in [1.807, 2.05) is 36.4 Å². The van der Waals surface area contributed by atoms with Crippen molar-refractivity contribution in [1.29, 1.82) is 0 Å². The summed E-state index contributed by atoms with van der Waals surface area (Å²) in [6.45, 7) is 2.13. The second-order valence-electron chi connectivity index (χ2n) is 4.98. The number of fused-ring (bicyclic) bond motifs is 1. The molecule has 1 aliphatic rings. The Morgan fingerprint density at radius 3 is 2.85 bits per heavy atom. The van der Waals surface area contributed by atoms with Gasteiger partial charge in [-0.3, -0.25) is 4.90 Å². The van der Waals surface area contributed by atoms with Gasteiger partial charge in [-0.15, -0.1) is 0 Å². The minimum absolute atomic E-state index is 0.0173. The van der Waals surface area contributed by atoms with Crippen LogP contribution in [0.3, 0.4) is 0 Å². The van der Waals surface area contributed by atoms with E-state index in [1.165, 1.54) is 7.11 Å². The number of hydrogen-bond donors (Lipinski definition) is 1. The van der Waals surface area contributed by atoms with Crippen molar-refractivity contribution < 1.29 is 14.6 Å². The van der Waals surface area contributed by atoms with Crippen LogP contribution in [0.5, 0.6) is 0 Å². The van der Waals surface area contributed by atoms with Crippen molar-refractivity contribution in [3.05, 3.63) is 35.9 Å². The van der Waals surface area contributed by atoms with E-state index in [9.17, 15) is 9.90 Å². The number of benzene rings is 1. The Balaban J connectivity index is 2.40. The predicted molar refractivity (Wildman–Crippen MR) is 79.6 cm³/mol. The largest absolute Gasteiger partial charge is 0.452 e. The third kappa shape index (κ3) is 2.70. The van der Waals surface area contributed by atoms with Crippen LogP contribution >= 0.6 is 0 Å². The number of hydrogen-bond acceptors (Lipinski definition) is 3. The first-order valence-corrected chi connectivity index (χ1v) is 6.98. The van der Waals surface area contributed by atoms with Gasteiger partial charge >= 0.3 is 6.09 Å². The molecule has 1 aliphatic heterocycles. The van der Waals surface area contributed by atoms with Crippen molar-refractivity contribution in [3.63, 3.8) is 0 Å². The highest BCUT2D eigenvalue weighted by Crippen LogP contribution is 2.33. The molecular formula is C16H21NO3. The van der Waals surface area contributed by atoms with E-state index in [4.69, 9.17) is 4.74 Å². The summed E-state index contributed by atoms with van der Waals surface area (Å²) >= 11 is 0. The third-order valence-electron chi connectivity index (χ3n) is 3.72. The predicted octanol–water partition coefficient (Wildman–Crippen LogP) is 3.06. The molecule has 0 bridgehead atoms. The van der Waals surface area contributed by atoms with E-state index in [0.717, 1.165) is 24.1 Å². The molecule has 0 saturated heterocycles. The monoisotopic (exact) mass is 275 g/mol. The number of carbonyl (C=O) groups is 1. The van der Waals surface area contributed by atoms with Crippen LogP contribution < -0.4 is 4.90 Å². The van der Waals surface area contributed by atoms with Crippen LogP contribution in [0, 0.1) is 5.92 Å². The van der Waals surface area contributed by atoms with Crippen LogP contribution in [-0.2, 0) is 4.74 Å². The average Bonchev–Trinajstić information content (AvgIpc) is 2.50. The van der Waals surface area contributed by atoms with Gasteiger partial charge in [0, 0.05) is 12.5 Å². The van der Waals surface area contributed by atoms with Gasteiger partial charge < -0.3 is 9.84 Å². The lowest BCUT2D eigenvalue weighted by atomic mass is 9.90. The lowest BCUT2D eigenvalue weighted by Crippen LogP contribution is -2.46. The molecule has 1 heterocycles. The zero-order valence-electron chi connectivity index (χ0n) is 12.0. The standard InChI is InChI=1S/C16H21NO3/c1-3-6-13(11-18)15-10-9-12-7-4-5-8-14(12)17(15)16(19)20-2/h4-5,7-10,13,15,18H,3,6,11H2,1-2H3/t13-,15+/m0/s1. The Morgan fingerprint density at radius 2 is 2.20 bits per heavy atom. The fourth-order valence-electron chi connectivity index (χ4n) is 2.72. The molecule has 0 aliphatic carbocycles. The van der Waals surface area contributed by atoms with Crippen LogP contribution in [0.25, 0.3) is 6.08 Å². The number of carbonyl (C=O) groups excluding carboxylic acids is 1. The number of amides is 1. The molecule has 1 N–H and O–H groups in total. The zero-order chi connectivity index (χ0) is 14.5. The molecule has 4 heteroatoms. The Morgan fingerprint density at radius 1 is 1.45 bits per heavy atom. The molecule has 2 rings (SSSR count). The lowest BCUT2D eigenvalue weighted by Gasteiger charge is -2.36. The molecule has 0 aromatic heterocycles. The number of nitrogens with zero attached hydrogens (tertiary/aromatic N) is 1. The van der Waals surface area contributed by atoms with Gasteiger partial charge in [0.2, 0.25) is 0 Å². The van der Waals surface area contributed by atoms with Gasteiger partial charge in [-0.2, -0.15) is 0 Å². The highest BCUT2D eigenvalue weighted by molar-refractivity contribution is 5.93. The number of anilines is 1. The molecule has 108 valence electrons. The van der Waals surface area contributed by atoms with E-state index >= 15 is 0 Å². The Labute approximate surface area is 119 Å². The van der Waals surface area contributed by atoms with E-state index < -0.39 is 0 Å². The summed E-state index contributed by atoms with van der Waals surface area (Å²) in [6.07, 6.45) is 5.43. The van der Waals surface area contributed by atoms with Gasteiger partial charge in [0.05, 0.1) is 18.8 Å². The van der Waals surface area contributed by atoms with Gasteiger partial charge in [-0.25, -0.2) is 4.79 Å². The van der Waals surface area contributed by atoms with Crippen LogP contribution in [0.1, 0.15) is 25.3 Å². The number of methoxy groups -OCH3 is 1. The SMILES string of the molecule is CCC[C@@H](CO)[C@H]1C=Cc2ccccc2N1C(=O)OC. The number of rotatable bonds is 4. The molecule has 0 unspecified atom stereocenters. The van der Waals surface area contributed by atoms with Crippen molar-refractivity contribution in [2.75, 3.05) is 18.6 Å². The number of ether oxygens (including phenoxy) is 1. The highest BCUT2D eigenvalue weighted by Gasteiger charge is 2.33. The van der Waals surface area contributed by atoms with Crippen molar-refractivity contribution in [2.24, 2.45) is 5.92 Å². The topological polar surface area (TPSA) is 49.8 Å². The summed E-state index contributed by atoms with van der Waals surface area (Å²) < 4.78 is 4.92. The van der Waals surface area contributed by atoms with Gasteiger partial charge in [0.15, 0.2) is 0 Å². The first kappa shape index (κ1) is 14.6. The summed E-state index contributed by atoms with van der Waals surface area (Å²) in [7, 11) is 1.38. The van der Waals surface area contributed by atoms with Crippen molar-refractivity contribution in [2.45, 2.75) is 25.8 Å². The zero-order valence-corrected chi connectivity index (χ0v) is 12.0. The molecule has 0 spiro atoms. The third-order valence-corrected chi connectivity index (χ3v) is 3.72. The molecule has 1 aromatic carbocycles. The van der Waals surface area contributed by atoms with E-state index in [0.29, 0.717) is 0 Å².